The first kappa shape index (κ1) is 20.5. The molecule has 7 heteroatoms. The van der Waals surface area contributed by atoms with Gasteiger partial charge in [0.15, 0.2) is 0 Å². The number of hydrogen-bond donors (Lipinski definition) is 2. The zero-order valence-electron chi connectivity index (χ0n) is 16.9. The first-order chi connectivity index (χ1) is 13.6. The van der Waals surface area contributed by atoms with E-state index in [0.29, 0.717) is 0 Å². The van der Waals surface area contributed by atoms with Crippen molar-refractivity contribution in [3.8, 4) is 5.75 Å². The highest BCUT2D eigenvalue weighted by Gasteiger charge is 2.27. The Morgan fingerprint density at radius 2 is 1.68 bits per heavy atom. The Morgan fingerprint density at radius 1 is 1.04 bits per heavy atom. The molecule has 1 aromatic rings. The van der Waals surface area contributed by atoms with E-state index < -0.39 is 0 Å². The van der Waals surface area contributed by atoms with Gasteiger partial charge in [-0.25, -0.2) is 4.79 Å². The third-order valence-corrected chi connectivity index (χ3v) is 5.86. The lowest BCUT2D eigenvalue weighted by atomic mass is 9.96. The fourth-order valence-electron chi connectivity index (χ4n) is 4.01. The molecular weight excluding hydrogens is 356 g/mol. The first-order valence-electron chi connectivity index (χ1n) is 10.3. The summed E-state index contributed by atoms with van der Waals surface area (Å²) < 4.78 is 5.21. The van der Waals surface area contributed by atoms with Crippen molar-refractivity contribution >= 4 is 17.6 Å². The normalized spacial score (nSPS) is 19.7. The van der Waals surface area contributed by atoms with E-state index in [1.165, 1.54) is 6.42 Å². The molecule has 1 aliphatic heterocycles. The summed E-state index contributed by atoms with van der Waals surface area (Å²) in [7, 11) is 1.66. The summed E-state index contributed by atoms with van der Waals surface area (Å²) in [4.78, 5) is 29.0. The zero-order chi connectivity index (χ0) is 19.9. The Balaban J connectivity index is 1.43. The Morgan fingerprint density at radius 3 is 2.29 bits per heavy atom. The molecule has 0 aromatic heterocycles. The molecule has 1 saturated heterocycles. The number of urea groups is 1. The van der Waals surface area contributed by atoms with Gasteiger partial charge in [-0.05, 0) is 44.0 Å². The van der Waals surface area contributed by atoms with Crippen LogP contribution in [-0.4, -0.2) is 62.2 Å². The fourth-order valence-corrected chi connectivity index (χ4v) is 4.01. The number of anilines is 1. The molecule has 1 aromatic carbocycles. The molecule has 28 heavy (non-hydrogen) atoms. The van der Waals surface area contributed by atoms with Gasteiger partial charge in [-0.2, -0.15) is 0 Å². The van der Waals surface area contributed by atoms with Gasteiger partial charge in [0.2, 0.25) is 5.91 Å². The quantitative estimate of drug-likeness (QED) is 0.810. The van der Waals surface area contributed by atoms with E-state index in [2.05, 4.69) is 32.6 Å². The number of piperazine rings is 1. The Labute approximate surface area is 167 Å². The van der Waals surface area contributed by atoms with Crippen molar-refractivity contribution in [1.29, 1.82) is 0 Å². The number of nitrogens with zero attached hydrogens (tertiary/aromatic N) is 2. The summed E-state index contributed by atoms with van der Waals surface area (Å²) in [6, 6.07) is 7.55. The number of hydrogen-bond acceptors (Lipinski definition) is 5. The molecule has 1 heterocycles. The molecule has 2 aliphatic rings. The van der Waals surface area contributed by atoms with Gasteiger partial charge < -0.3 is 15.0 Å². The molecule has 7 nitrogen and oxygen atoms in total. The van der Waals surface area contributed by atoms with Crippen LogP contribution in [0.25, 0.3) is 0 Å². The van der Waals surface area contributed by atoms with E-state index in [0.717, 1.165) is 63.3 Å². The molecular formula is C21H32N4O3. The lowest BCUT2D eigenvalue weighted by Crippen LogP contribution is -2.56. The average Bonchev–Trinajstić information content (AvgIpc) is 2.74. The minimum Gasteiger partial charge on any atom is -0.497 e. The van der Waals surface area contributed by atoms with Crippen molar-refractivity contribution in [3.63, 3.8) is 0 Å². The van der Waals surface area contributed by atoms with Gasteiger partial charge in [-0.1, -0.05) is 19.3 Å². The predicted molar refractivity (Wildman–Crippen MR) is 110 cm³/mol. The molecule has 0 spiro atoms. The van der Waals surface area contributed by atoms with Crippen LogP contribution in [0.4, 0.5) is 10.5 Å². The highest BCUT2D eigenvalue weighted by Crippen LogP contribution is 2.21. The van der Waals surface area contributed by atoms with Crippen LogP contribution in [0, 0.1) is 0 Å². The number of benzene rings is 1. The van der Waals surface area contributed by atoms with Crippen LogP contribution in [0.5, 0.6) is 5.75 Å². The van der Waals surface area contributed by atoms with E-state index in [4.69, 9.17) is 4.74 Å². The van der Waals surface area contributed by atoms with Crippen LogP contribution in [-0.2, 0) is 4.79 Å². The topological polar surface area (TPSA) is 73.9 Å². The highest BCUT2D eigenvalue weighted by molar-refractivity contribution is 5.96. The maximum Gasteiger partial charge on any atom is 0.321 e. The number of ether oxygens (including phenoxy) is 1. The fraction of sp³-hybridized carbons (Fsp3) is 0.619. The number of methoxy groups -OCH3 is 1. The molecule has 1 saturated carbocycles. The number of rotatable bonds is 5. The number of carbonyl (C=O) groups is 2. The molecule has 1 atom stereocenters. The number of nitrogens with one attached hydrogen (secondary N) is 2. The van der Waals surface area contributed by atoms with Gasteiger partial charge in [0.1, 0.15) is 5.75 Å². The Bertz CT molecular complexity index is 650. The predicted octanol–water partition coefficient (Wildman–Crippen LogP) is 2.36. The number of carbonyl (C=O) groups excluding carboxylic acids is 2. The summed E-state index contributed by atoms with van der Waals surface area (Å²) in [6.45, 7) is 5.12. The van der Waals surface area contributed by atoms with Crippen LogP contribution in [0.15, 0.2) is 24.3 Å². The first-order valence-corrected chi connectivity index (χ1v) is 10.3. The number of imide groups is 1. The van der Waals surface area contributed by atoms with Gasteiger partial charge in [-0.3, -0.25) is 15.0 Å². The summed E-state index contributed by atoms with van der Waals surface area (Å²) >= 11 is 0. The summed E-state index contributed by atoms with van der Waals surface area (Å²) in [6.07, 6.45) is 5.54. The Kier molecular flexibility index (Phi) is 7.14. The van der Waals surface area contributed by atoms with Crippen molar-refractivity contribution in [2.45, 2.75) is 51.1 Å². The second-order valence-corrected chi connectivity index (χ2v) is 7.69. The van der Waals surface area contributed by atoms with E-state index >= 15 is 0 Å². The maximum absolute atomic E-state index is 12.5. The minimum absolute atomic E-state index is 0.199. The third-order valence-electron chi connectivity index (χ3n) is 5.86. The summed E-state index contributed by atoms with van der Waals surface area (Å²) in [5.74, 6) is 0.616. The van der Waals surface area contributed by atoms with Crippen LogP contribution in [0.3, 0.4) is 0 Å². The summed E-state index contributed by atoms with van der Waals surface area (Å²) in [5, 5.41) is 5.46. The minimum atomic E-state index is -0.361. The van der Waals surface area contributed by atoms with Crippen molar-refractivity contribution in [1.82, 2.24) is 15.5 Å². The summed E-state index contributed by atoms with van der Waals surface area (Å²) in [5.41, 5.74) is 1.16. The van der Waals surface area contributed by atoms with Gasteiger partial charge in [0, 0.05) is 37.9 Å². The van der Waals surface area contributed by atoms with Gasteiger partial charge in [0.25, 0.3) is 0 Å². The van der Waals surface area contributed by atoms with Crippen molar-refractivity contribution in [2.24, 2.45) is 0 Å². The largest absolute Gasteiger partial charge is 0.497 e. The second-order valence-electron chi connectivity index (χ2n) is 7.69. The van der Waals surface area contributed by atoms with Gasteiger partial charge in [-0.15, -0.1) is 0 Å². The van der Waals surface area contributed by atoms with Crippen molar-refractivity contribution in [2.75, 3.05) is 38.2 Å². The van der Waals surface area contributed by atoms with Crippen LogP contribution in [0.1, 0.15) is 39.0 Å². The smallest absolute Gasteiger partial charge is 0.321 e. The van der Waals surface area contributed by atoms with E-state index in [1.807, 2.05) is 19.1 Å². The lowest BCUT2D eigenvalue weighted by Gasteiger charge is -2.38. The lowest BCUT2D eigenvalue weighted by molar-refractivity contribution is -0.124. The number of amides is 3. The molecule has 3 rings (SSSR count). The zero-order valence-corrected chi connectivity index (χ0v) is 16.9. The molecule has 0 unspecified atom stereocenters. The Hall–Kier alpha value is -2.28. The standard InChI is InChI=1S/C21H32N4O3/c1-16(20(26)23-21(27)22-17-6-4-3-5-7-17)24-12-14-25(15-13-24)18-8-10-19(28-2)11-9-18/h8-11,16-17H,3-7,12-15H2,1-2H3,(H2,22,23,26,27)/t16-/m1/s1. The van der Waals surface area contributed by atoms with Crippen LogP contribution in [0.2, 0.25) is 0 Å². The van der Waals surface area contributed by atoms with Gasteiger partial charge >= 0.3 is 6.03 Å². The van der Waals surface area contributed by atoms with Crippen LogP contribution < -0.4 is 20.3 Å². The molecule has 0 bridgehead atoms. The molecule has 1 aliphatic carbocycles. The van der Waals surface area contributed by atoms with E-state index in [9.17, 15) is 9.59 Å². The van der Waals surface area contributed by atoms with Crippen molar-refractivity contribution < 1.29 is 14.3 Å². The van der Waals surface area contributed by atoms with E-state index in [-0.39, 0.29) is 24.0 Å². The molecule has 2 fully saturated rings. The van der Waals surface area contributed by atoms with E-state index in [1.54, 1.807) is 7.11 Å². The van der Waals surface area contributed by atoms with Crippen LogP contribution >= 0.6 is 0 Å². The molecule has 0 radical (unpaired) electrons. The molecule has 2 N–H and O–H groups in total. The average molecular weight is 389 g/mol. The van der Waals surface area contributed by atoms with Crippen molar-refractivity contribution in [3.05, 3.63) is 24.3 Å². The monoisotopic (exact) mass is 388 g/mol. The van der Waals surface area contributed by atoms with Gasteiger partial charge in [0.05, 0.1) is 13.2 Å². The third kappa shape index (κ3) is 5.38. The molecule has 154 valence electrons. The maximum atomic E-state index is 12.5. The SMILES string of the molecule is COc1ccc(N2CCN([C@H](C)C(=O)NC(=O)NC3CCCCC3)CC2)cc1. The highest BCUT2D eigenvalue weighted by atomic mass is 16.5. The second kappa shape index (κ2) is 9.78. The molecule has 3 amide bonds.